The molecule has 2 bridgehead atoms. The zero-order valence-electron chi connectivity index (χ0n) is 11.3. The first-order valence-corrected chi connectivity index (χ1v) is 8.17. The SMILES string of the molecule is CCc1ccccc1C(=O)N1C2CCC1CC(Br)C2. The summed E-state index contributed by atoms with van der Waals surface area (Å²) >= 11 is 3.73. The number of hydrogen-bond donors (Lipinski definition) is 0. The Morgan fingerprint density at radius 1 is 1.26 bits per heavy atom. The van der Waals surface area contributed by atoms with Crippen molar-refractivity contribution in [3.8, 4) is 0 Å². The number of fused-ring (bicyclic) bond motifs is 2. The highest BCUT2D eigenvalue weighted by Crippen LogP contribution is 2.39. The standard InChI is InChI=1S/C16H20BrNO/c1-2-11-5-3-4-6-15(11)16(19)18-13-7-8-14(18)10-12(17)9-13/h3-6,12-14H,2,7-10H2,1H3. The van der Waals surface area contributed by atoms with E-state index in [1.165, 1.54) is 18.4 Å². The van der Waals surface area contributed by atoms with Gasteiger partial charge in [-0.05, 0) is 43.7 Å². The second-order valence-electron chi connectivity index (χ2n) is 5.68. The van der Waals surface area contributed by atoms with E-state index in [4.69, 9.17) is 0 Å². The summed E-state index contributed by atoms with van der Waals surface area (Å²) in [6.07, 6.45) is 5.48. The van der Waals surface area contributed by atoms with E-state index in [0.717, 1.165) is 24.8 Å². The van der Waals surface area contributed by atoms with E-state index in [0.29, 0.717) is 16.9 Å². The third-order valence-electron chi connectivity index (χ3n) is 4.54. The maximum atomic E-state index is 12.9. The van der Waals surface area contributed by atoms with E-state index < -0.39 is 0 Å². The molecular formula is C16H20BrNO. The van der Waals surface area contributed by atoms with Crippen LogP contribution in [0.3, 0.4) is 0 Å². The van der Waals surface area contributed by atoms with Crippen LogP contribution in [0.5, 0.6) is 0 Å². The lowest BCUT2D eigenvalue weighted by Crippen LogP contribution is -2.47. The van der Waals surface area contributed by atoms with Crippen molar-refractivity contribution in [2.45, 2.75) is 55.9 Å². The average Bonchev–Trinajstić information content (AvgIpc) is 2.70. The summed E-state index contributed by atoms with van der Waals surface area (Å²) in [6.45, 7) is 2.12. The van der Waals surface area contributed by atoms with Crippen molar-refractivity contribution in [1.29, 1.82) is 0 Å². The molecule has 102 valence electrons. The van der Waals surface area contributed by atoms with Crippen molar-refractivity contribution < 1.29 is 4.79 Å². The van der Waals surface area contributed by atoms with Crippen molar-refractivity contribution in [3.63, 3.8) is 0 Å². The highest BCUT2D eigenvalue weighted by Gasteiger charge is 2.42. The second-order valence-corrected chi connectivity index (χ2v) is 6.97. The topological polar surface area (TPSA) is 20.3 Å². The van der Waals surface area contributed by atoms with Crippen LogP contribution in [0.25, 0.3) is 0 Å². The van der Waals surface area contributed by atoms with Gasteiger partial charge in [0.2, 0.25) is 0 Å². The van der Waals surface area contributed by atoms with Gasteiger partial charge in [-0.2, -0.15) is 0 Å². The molecule has 2 nitrogen and oxygen atoms in total. The number of amides is 1. The van der Waals surface area contributed by atoms with Gasteiger partial charge in [0, 0.05) is 22.5 Å². The first-order valence-electron chi connectivity index (χ1n) is 7.25. The van der Waals surface area contributed by atoms with Gasteiger partial charge >= 0.3 is 0 Å². The normalized spacial score (nSPS) is 29.6. The minimum absolute atomic E-state index is 0.254. The quantitative estimate of drug-likeness (QED) is 0.759. The Kier molecular flexibility index (Phi) is 3.66. The number of benzene rings is 1. The third-order valence-corrected chi connectivity index (χ3v) is 5.29. The summed E-state index contributed by atoms with van der Waals surface area (Å²) in [5.74, 6) is 0.254. The molecule has 2 aliphatic heterocycles. The molecule has 2 atom stereocenters. The van der Waals surface area contributed by atoms with Gasteiger partial charge in [-0.3, -0.25) is 4.79 Å². The fourth-order valence-corrected chi connectivity index (χ4v) is 4.48. The van der Waals surface area contributed by atoms with Crippen LogP contribution < -0.4 is 0 Å². The van der Waals surface area contributed by atoms with Crippen molar-refractivity contribution in [3.05, 3.63) is 35.4 Å². The molecule has 2 saturated heterocycles. The van der Waals surface area contributed by atoms with Gasteiger partial charge in [-0.15, -0.1) is 0 Å². The third kappa shape index (κ3) is 2.33. The van der Waals surface area contributed by atoms with Crippen molar-refractivity contribution in [1.82, 2.24) is 4.90 Å². The molecule has 19 heavy (non-hydrogen) atoms. The van der Waals surface area contributed by atoms with E-state index in [1.54, 1.807) is 0 Å². The maximum absolute atomic E-state index is 12.9. The largest absolute Gasteiger partial charge is 0.333 e. The average molecular weight is 322 g/mol. The predicted octanol–water partition coefficient (Wildman–Crippen LogP) is 3.78. The lowest BCUT2D eigenvalue weighted by atomic mass is 9.98. The molecule has 0 spiro atoms. The van der Waals surface area contributed by atoms with Gasteiger partial charge in [0.25, 0.3) is 5.91 Å². The monoisotopic (exact) mass is 321 g/mol. The molecule has 0 aliphatic carbocycles. The molecule has 2 aliphatic rings. The van der Waals surface area contributed by atoms with Gasteiger partial charge in [0.05, 0.1) is 0 Å². The number of hydrogen-bond acceptors (Lipinski definition) is 1. The number of aryl methyl sites for hydroxylation is 1. The molecule has 3 rings (SSSR count). The molecule has 1 aromatic rings. The zero-order chi connectivity index (χ0) is 13.4. The zero-order valence-corrected chi connectivity index (χ0v) is 12.9. The smallest absolute Gasteiger partial charge is 0.254 e. The van der Waals surface area contributed by atoms with Gasteiger partial charge < -0.3 is 4.90 Å². The van der Waals surface area contributed by atoms with E-state index in [9.17, 15) is 4.79 Å². The first kappa shape index (κ1) is 13.2. The molecule has 0 aromatic heterocycles. The molecule has 0 N–H and O–H groups in total. The molecular weight excluding hydrogens is 302 g/mol. The van der Waals surface area contributed by atoms with Gasteiger partial charge in [0.1, 0.15) is 0 Å². The minimum atomic E-state index is 0.254. The molecule has 2 fully saturated rings. The van der Waals surface area contributed by atoms with E-state index in [-0.39, 0.29) is 5.91 Å². The number of carbonyl (C=O) groups is 1. The van der Waals surface area contributed by atoms with Crippen molar-refractivity contribution in [2.24, 2.45) is 0 Å². The molecule has 1 amide bonds. The molecule has 2 heterocycles. The van der Waals surface area contributed by atoms with Crippen LogP contribution in [0, 0.1) is 0 Å². The van der Waals surface area contributed by atoms with E-state index in [2.05, 4.69) is 33.8 Å². The first-order chi connectivity index (χ1) is 9.20. The number of rotatable bonds is 2. The Morgan fingerprint density at radius 3 is 2.53 bits per heavy atom. The summed E-state index contributed by atoms with van der Waals surface area (Å²) in [5.41, 5.74) is 2.09. The van der Waals surface area contributed by atoms with Crippen LogP contribution in [0.2, 0.25) is 0 Å². The van der Waals surface area contributed by atoms with Crippen LogP contribution in [-0.2, 0) is 6.42 Å². The predicted molar refractivity (Wildman–Crippen MR) is 80.7 cm³/mol. The number of piperidine rings is 1. The van der Waals surface area contributed by atoms with Crippen LogP contribution in [0.1, 0.15) is 48.5 Å². The summed E-state index contributed by atoms with van der Waals surface area (Å²) in [5, 5.41) is 0. The number of nitrogens with zero attached hydrogens (tertiary/aromatic N) is 1. The summed E-state index contributed by atoms with van der Waals surface area (Å²) in [7, 11) is 0. The van der Waals surface area contributed by atoms with E-state index >= 15 is 0 Å². The van der Waals surface area contributed by atoms with Gasteiger partial charge in [-0.1, -0.05) is 41.1 Å². The molecule has 1 aromatic carbocycles. The van der Waals surface area contributed by atoms with Crippen LogP contribution in [-0.4, -0.2) is 27.7 Å². The Hall–Kier alpha value is -0.830. The maximum Gasteiger partial charge on any atom is 0.254 e. The Morgan fingerprint density at radius 2 is 1.89 bits per heavy atom. The fourth-order valence-electron chi connectivity index (χ4n) is 3.62. The van der Waals surface area contributed by atoms with Crippen molar-refractivity contribution in [2.75, 3.05) is 0 Å². The molecule has 3 heteroatoms. The fraction of sp³-hybridized carbons (Fsp3) is 0.562. The molecule has 2 unspecified atom stereocenters. The molecule has 0 saturated carbocycles. The van der Waals surface area contributed by atoms with Crippen LogP contribution >= 0.6 is 15.9 Å². The van der Waals surface area contributed by atoms with E-state index in [1.807, 2.05) is 18.2 Å². The summed E-state index contributed by atoms with van der Waals surface area (Å²) in [4.78, 5) is 15.6. The van der Waals surface area contributed by atoms with Crippen LogP contribution in [0.4, 0.5) is 0 Å². The Labute approximate surface area is 123 Å². The Balaban J connectivity index is 1.89. The number of halogens is 1. The lowest BCUT2D eigenvalue weighted by molar-refractivity contribution is 0.0602. The second kappa shape index (κ2) is 5.28. The highest BCUT2D eigenvalue weighted by molar-refractivity contribution is 9.09. The molecule has 0 radical (unpaired) electrons. The minimum Gasteiger partial charge on any atom is -0.333 e. The van der Waals surface area contributed by atoms with Gasteiger partial charge in [0.15, 0.2) is 0 Å². The van der Waals surface area contributed by atoms with Crippen LogP contribution in [0.15, 0.2) is 24.3 Å². The van der Waals surface area contributed by atoms with Gasteiger partial charge in [-0.25, -0.2) is 0 Å². The van der Waals surface area contributed by atoms with Crippen molar-refractivity contribution >= 4 is 21.8 Å². The summed E-state index contributed by atoms with van der Waals surface area (Å²) < 4.78 is 0. The number of alkyl halides is 1. The summed E-state index contributed by atoms with van der Waals surface area (Å²) in [6, 6.07) is 8.95. The number of carbonyl (C=O) groups excluding carboxylic acids is 1. The Bertz CT molecular complexity index is 473. The highest BCUT2D eigenvalue weighted by atomic mass is 79.9. The lowest BCUT2D eigenvalue weighted by Gasteiger charge is -2.37.